The molecule has 1 N–H and O–H groups in total. The molecule has 0 aliphatic rings. The van der Waals surface area contributed by atoms with Gasteiger partial charge >= 0.3 is 0 Å². The molecule has 0 bridgehead atoms. The number of benzene rings is 1. The highest BCUT2D eigenvalue weighted by atomic mass is 16.1. The maximum absolute atomic E-state index is 12.2. The van der Waals surface area contributed by atoms with E-state index in [4.69, 9.17) is 0 Å². The van der Waals surface area contributed by atoms with E-state index in [0.29, 0.717) is 16.5 Å². The third kappa shape index (κ3) is 2.63. The summed E-state index contributed by atoms with van der Waals surface area (Å²) in [6.45, 7) is 1.91. The molecule has 5 nitrogen and oxygen atoms in total. The van der Waals surface area contributed by atoms with E-state index >= 15 is 0 Å². The van der Waals surface area contributed by atoms with Crippen molar-refractivity contribution in [3.8, 4) is 6.07 Å². The number of hydrogen-bond donors (Lipinski definition) is 1. The van der Waals surface area contributed by atoms with Crippen LogP contribution in [-0.4, -0.2) is 15.0 Å². The van der Waals surface area contributed by atoms with Crippen LogP contribution in [0.1, 0.15) is 17.0 Å². The van der Waals surface area contributed by atoms with Gasteiger partial charge in [0, 0.05) is 12.4 Å². The van der Waals surface area contributed by atoms with Gasteiger partial charge in [-0.3, -0.25) is 9.78 Å². The number of pyridine rings is 1. The quantitative estimate of drug-likeness (QED) is 0.735. The Hall–Kier alpha value is -3.26. The van der Waals surface area contributed by atoms with Crippen molar-refractivity contribution in [3.63, 3.8) is 0 Å². The summed E-state index contributed by atoms with van der Waals surface area (Å²) in [6.07, 6.45) is 4.94. The molecule has 0 aliphatic carbocycles. The highest BCUT2D eigenvalue weighted by Gasteiger charge is 2.08. The zero-order chi connectivity index (χ0) is 15.5. The lowest BCUT2D eigenvalue weighted by Crippen LogP contribution is -2.11. The normalized spacial score (nSPS) is 11.4. The van der Waals surface area contributed by atoms with Crippen molar-refractivity contribution < 1.29 is 0 Å². The number of allylic oxidation sites excluding steroid dienone is 1. The molecule has 3 rings (SSSR count). The first-order valence-corrected chi connectivity index (χ1v) is 6.70. The van der Waals surface area contributed by atoms with Gasteiger partial charge in [-0.05, 0) is 42.8 Å². The number of nitriles is 1. The molecule has 1 aromatic carbocycles. The number of nitrogens with one attached hydrogen (secondary N) is 1. The van der Waals surface area contributed by atoms with E-state index in [2.05, 4.69) is 21.0 Å². The van der Waals surface area contributed by atoms with Crippen LogP contribution in [0.2, 0.25) is 0 Å². The Morgan fingerprint density at radius 1 is 1.27 bits per heavy atom. The van der Waals surface area contributed by atoms with Gasteiger partial charge in [-0.25, -0.2) is 4.98 Å². The number of aromatic nitrogens is 3. The minimum atomic E-state index is -0.250. The van der Waals surface area contributed by atoms with Gasteiger partial charge in [0.25, 0.3) is 5.56 Å². The molecule has 0 fully saturated rings. The Kier molecular flexibility index (Phi) is 3.50. The summed E-state index contributed by atoms with van der Waals surface area (Å²) in [4.78, 5) is 23.2. The zero-order valence-electron chi connectivity index (χ0n) is 11.9. The maximum Gasteiger partial charge on any atom is 0.259 e. The van der Waals surface area contributed by atoms with E-state index in [0.717, 1.165) is 11.1 Å². The third-order valence-electron chi connectivity index (χ3n) is 3.25. The molecule has 0 amide bonds. The molecule has 0 unspecified atom stereocenters. The van der Waals surface area contributed by atoms with Gasteiger partial charge in [-0.2, -0.15) is 5.26 Å². The second-order valence-corrected chi connectivity index (χ2v) is 4.89. The first kappa shape index (κ1) is 13.7. The number of H-pyrrole nitrogens is 1. The Morgan fingerprint density at radius 2 is 2.05 bits per heavy atom. The summed E-state index contributed by atoms with van der Waals surface area (Å²) in [5.41, 5.74) is 2.42. The van der Waals surface area contributed by atoms with Crippen LogP contribution in [0.25, 0.3) is 22.6 Å². The predicted molar refractivity (Wildman–Crippen MR) is 84.8 cm³/mol. The van der Waals surface area contributed by atoms with Crippen molar-refractivity contribution in [3.05, 3.63) is 70.0 Å². The van der Waals surface area contributed by atoms with Gasteiger partial charge in [0.1, 0.15) is 6.07 Å². The van der Waals surface area contributed by atoms with Crippen molar-refractivity contribution in [1.82, 2.24) is 15.0 Å². The van der Waals surface area contributed by atoms with Crippen LogP contribution in [0.15, 0.2) is 47.5 Å². The van der Waals surface area contributed by atoms with Crippen LogP contribution in [0, 0.1) is 18.3 Å². The lowest BCUT2D eigenvalue weighted by molar-refractivity contribution is 1.13. The van der Waals surface area contributed by atoms with Crippen LogP contribution < -0.4 is 5.56 Å². The van der Waals surface area contributed by atoms with Gasteiger partial charge in [0.15, 0.2) is 5.82 Å². The van der Waals surface area contributed by atoms with Crippen LogP contribution >= 0.6 is 0 Å². The molecule has 2 aromatic heterocycles. The van der Waals surface area contributed by atoms with E-state index in [9.17, 15) is 10.1 Å². The molecule has 0 aliphatic heterocycles. The van der Waals surface area contributed by atoms with Crippen molar-refractivity contribution >= 4 is 22.6 Å². The van der Waals surface area contributed by atoms with Crippen molar-refractivity contribution in [1.29, 1.82) is 5.26 Å². The summed E-state index contributed by atoms with van der Waals surface area (Å²) < 4.78 is 0. The SMILES string of the molecule is Cc1ccc2nc(/C(C#N)=C\c3ccncc3)[nH]c(=O)c2c1. The fourth-order valence-corrected chi connectivity index (χ4v) is 2.16. The fraction of sp³-hybridized carbons (Fsp3) is 0.0588. The van der Waals surface area contributed by atoms with E-state index in [1.807, 2.05) is 13.0 Å². The predicted octanol–water partition coefficient (Wildman–Crippen LogP) is 2.69. The van der Waals surface area contributed by atoms with Crippen LogP contribution in [-0.2, 0) is 0 Å². The minimum Gasteiger partial charge on any atom is -0.305 e. The molecule has 0 atom stereocenters. The average Bonchev–Trinajstić information content (AvgIpc) is 2.54. The number of hydrogen-bond acceptors (Lipinski definition) is 4. The number of rotatable bonds is 2. The number of nitrogens with zero attached hydrogens (tertiary/aromatic N) is 3. The third-order valence-corrected chi connectivity index (χ3v) is 3.25. The molecule has 22 heavy (non-hydrogen) atoms. The fourth-order valence-electron chi connectivity index (χ4n) is 2.16. The topological polar surface area (TPSA) is 82.4 Å². The second-order valence-electron chi connectivity index (χ2n) is 4.89. The zero-order valence-corrected chi connectivity index (χ0v) is 11.9. The summed E-state index contributed by atoms with van der Waals surface area (Å²) in [6, 6.07) is 11.1. The maximum atomic E-state index is 12.2. The van der Waals surface area contributed by atoms with Crippen LogP contribution in [0.5, 0.6) is 0 Å². The van der Waals surface area contributed by atoms with E-state index in [1.54, 1.807) is 42.7 Å². The molecule has 2 heterocycles. The number of fused-ring (bicyclic) bond motifs is 1. The summed E-state index contributed by atoms with van der Waals surface area (Å²) in [7, 11) is 0. The number of aromatic amines is 1. The van der Waals surface area contributed by atoms with Crippen LogP contribution in [0.4, 0.5) is 0 Å². The first-order valence-electron chi connectivity index (χ1n) is 6.70. The highest BCUT2D eigenvalue weighted by molar-refractivity contribution is 5.89. The highest BCUT2D eigenvalue weighted by Crippen LogP contribution is 2.16. The van der Waals surface area contributed by atoms with E-state index in [-0.39, 0.29) is 11.4 Å². The average molecular weight is 288 g/mol. The number of aryl methyl sites for hydroxylation is 1. The molecular formula is C17H12N4O. The van der Waals surface area contributed by atoms with Gasteiger partial charge < -0.3 is 4.98 Å². The summed E-state index contributed by atoms with van der Waals surface area (Å²) >= 11 is 0. The van der Waals surface area contributed by atoms with Gasteiger partial charge in [-0.1, -0.05) is 11.6 Å². The lowest BCUT2D eigenvalue weighted by atomic mass is 10.1. The van der Waals surface area contributed by atoms with Crippen molar-refractivity contribution in [2.45, 2.75) is 6.92 Å². The van der Waals surface area contributed by atoms with Gasteiger partial charge in [-0.15, -0.1) is 0 Å². The molecule has 0 spiro atoms. The van der Waals surface area contributed by atoms with Crippen molar-refractivity contribution in [2.24, 2.45) is 0 Å². The summed E-state index contributed by atoms with van der Waals surface area (Å²) in [5.74, 6) is 0.265. The molecular weight excluding hydrogens is 276 g/mol. The molecule has 0 saturated carbocycles. The standard InChI is InChI=1S/C17H12N4O/c1-11-2-3-15-14(8-11)17(22)21-16(20-15)13(10-18)9-12-4-6-19-7-5-12/h2-9H,1H3,(H,20,21,22)/b13-9-. The Balaban J connectivity index is 2.17. The van der Waals surface area contributed by atoms with Crippen molar-refractivity contribution in [2.75, 3.05) is 0 Å². The Morgan fingerprint density at radius 3 is 2.77 bits per heavy atom. The molecule has 5 heteroatoms. The van der Waals surface area contributed by atoms with Gasteiger partial charge in [0.05, 0.1) is 16.5 Å². The van der Waals surface area contributed by atoms with E-state index < -0.39 is 0 Å². The smallest absolute Gasteiger partial charge is 0.259 e. The van der Waals surface area contributed by atoms with Crippen LogP contribution in [0.3, 0.4) is 0 Å². The Bertz CT molecular complexity index is 965. The lowest BCUT2D eigenvalue weighted by Gasteiger charge is -2.03. The monoisotopic (exact) mass is 288 g/mol. The molecule has 3 aromatic rings. The molecule has 0 radical (unpaired) electrons. The van der Waals surface area contributed by atoms with E-state index in [1.165, 1.54) is 0 Å². The minimum absolute atomic E-state index is 0.250. The summed E-state index contributed by atoms with van der Waals surface area (Å²) in [5, 5.41) is 9.87. The second kappa shape index (κ2) is 5.62. The Labute approximate surface area is 126 Å². The molecule has 106 valence electrons. The largest absolute Gasteiger partial charge is 0.305 e. The first-order chi connectivity index (χ1) is 10.7. The van der Waals surface area contributed by atoms with Gasteiger partial charge in [0.2, 0.25) is 0 Å². The molecule has 0 saturated heterocycles.